The highest BCUT2D eigenvalue weighted by molar-refractivity contribution is 14.1. The molecule has 2 rings (SSSR count). The molecule has 6 nitrogen and oxygen atoms in total. The average Bonchev–Trinajstić information content (AvgIpc) is 2.54. The summed E-state index contributed by atoms with van der Waals surface area (Å²) in [5.41, 5.74) is 7.88. The van der Waals surface area contributed by atoms with Gasteiger partial charge in [-0.05, 0) is 93.9 Å². The van der Waals surface area contributed by atoms with Crippen LogP contribution in [-0.4, -0.2) is 23.0 Å². The molecule has 8 heteroatoms. The number of nitrogens with one attached hydrogen (secondary N) is 1. The predicted octanol–water partition coefficient (Wildman–Crippen LogP) is 3.54. The summed E-state index contributed by atoms with van der Waals surface area (Å²) in [6, 6.07) is 6.60. The van der Waals surface area contributed by atoms with Crippen LogP contribution in [0.2, 0.25) is 0 Å². The number of phenols is 1. The Morgan fingerprint density at radius 1 is 1.15 bits per heavy atom. The lowest BCUT2D eigenvalue weighted by molar-refractivity contribution is -0.126. The molecule has 0 fully saturated rings. The number of aryl methyl sites for hydroxylation is 2. The largest absolute Gasteiger partial charge is 0.507 e. The third kappa shape index (κ3) is 5.71. The molecular formula is C19H20I2N2O4. The van der Waals surface area contributed by atoms with Crippen molar-refractivity contribution < 1.29 is 19.4 Å². The van der Waals surface area contributed by atoms with Crippen molar-refractivity contribution in [2.24, 2.45) is 5.73 Å². The fraction of sp³-hybridized carbons (Fsp3) is 0.263. The third-order valence-corrected chi connectivity index (χ3v) is 5.52. The number of phenolic OH excluding ortho intramolecular Hbond substituents is 1. The number of amides is 2. The maximum absolute atomic E-state index is 11.6. The monoisotopic (exact) mass is 594 g/mol. The molecule has 0 radical (unpaired) electrons. The van der Waals surface area contributed by atoms with Crippen molar-refractivity contribution in [1.82, 2.24) is 5.32 Å². The molecule has 0 saturated carbocycles. The average molecular weight is 594 g/mol. The van der Waals surface area contributed by atoms with E-state index in [4.69, 9.17) is 10.5 Å². The molecule has 0 aliphatic carbocycles. The Kier molecular flexibility index (Phi) is 7.32. The Balaban J connectivity index is 2.29. The standard InChI is InChI=1S/C19H20I2N2O4/c1-9-5-13(8-14(20)17(9)25)27-18-10(2)4-12(6-15(18)21)7-16(19(22)26)23-11(3)24/h4-6,8,16,25H,7H2,1-3H3,(H2,22,26)(H,23,24). The first-order chi connectivity index (χ1) is 12.6. The van der Waals surface area contributed by atoms with Crippen LogP contribution in [0.1, 0.15) is 23.6 Å². The predicted molar refractivity (Wildman–Crippen MR) is 120 cm³/mol. The van der Waals surface area contributed by atoms with Gasteiger partial charge in [0.05, 0.1) is 7.14 Å². The van der Waals surface area contributed by atoms with E-state index in [0.717, 1.165) is 20.3 Å². The maximum atomic E-state index is 11.6. The first kappa shape index (κ1) is 21.7. The number of nitrogens with two attached hydrogens (primary N) is 1. The third-order valence-electron chi connectivity index (χ3n) is 3.90. The molecule has 0 aliphatic heterocycles. The normalized spacial score (nSPS) is 11.7. The van der Waals surface area contributed by atoms with E-state index >= 15 is 0 Å². The number of rotatable bonds is 6. The van der Waals surface area contributed by atoms with Gasteiger partial charge in [-0.25, -0.2) is 0 Å². The molecule has 144 valence electrons. The first-order valence-electron chi connectivity index (χ1n) is 8.11. The molecule has 2 aromatic rings. The van der Waals surface area contributed by atoms with Gasteiger partial charge in [0.2, 0.25) is 11.8 Å². The molecule has 27 heavy (non-hydrogen) atoms. The summed E-state index contributed by atoms with van der Waals surface area (Å²) >= 11 is 4.23. The molecule has 0 heterocycles. The van der Waals surface area contributed by atoms with Gasteiger partial charge in [-0.1, -0.05) is 6.07 Å². The zero-order valence-corrected chi connectivity index (χ0v) is 19.4. The Hall–Kier alpha value is -1.56. The lowest BCUT2D eigenvalue weighted by atomic mass is 10.0. The minimum atomic E-state index is -0.759. The smallest absolute Gasteiger partial charge is 0.240 e. The second-order valence-electron chi connectivity index (χ2n) is 6.26. The van der Waals surface area contributed by atoms with Crippen LogP contribution in [0.5, 0.6) is 17.2 Å². The summed E-state index contributed by atoms with van der Waals surface area (Å²) in [5.74, 6) is 0.710. The molecule has 4 N–H and O–H groups in total. The molecule has 0 aliphatic rings. The van der Waals surface area contributed by atoms with Crippen molar-refractivity contribution in [2.45, 2.75) is 33.2 Å². The first-order valence-corrected chi connectivity index (χ1v) is 10.3. The molecule has 0 aromatic heterocycles. The lowest BCUT2D eigenvalue weighted by Crippen LogP contribution is -2.45. The van der Waals surface area contributed by atoms with Gasteiger partial charge in [0, 0.05) is 13.3 Å². The van der Waals surface area contributed by atoms with Gasteiger partial charge in [0.1, 0.15) is 23.3 Å². The van der Waals surface area contributed by atoms with Gasteiger partial charge in [0.25, 0.3) is 0 Å². The quantitative estimate of drug-likeness (QED) is 0.446. The number of aromatic hydroxyl groups is 1. The van der Waals surface area contributed by atoms with Gasteiger partial charge < -0.3 is 20.9 Å². The van der Waals surface area contributed by atoms with E-state index in [-0.39, 0.29) is 11.7 Å². The minimum absolute atomic E-state index is 0.250. The Morgan fingerprint density at radius 3 is 2.33 bits per heavy atom. The SMILES string of the molecule is CC(=O)NC(Cc1cc(C)c(Oc2cc(C)c(O)c(I)c2)c(I)c1)C(N)=O. The number of benzene rings is 2. The van der Waals surface area contributed by atoms with E-state index in [1.807, 2.05) is 26.0 Å². The molecule has 2 amide bonds. The number of ether oxygens (including phenoxy) is 1. The van der Waals surface area contributed by atoms with Crippen LogP contribution < -0.4 is 15.8 Å². The molecule has 2 aromatic carbocycles. The highest BCUT2D eigenvalue weighted by atomic mass is 127. The number of halogens is 2. The van der Waals surface area contributed by atoms with E-state index in [2.05, 4.69) is 50.5 Å². The highest BCUT2D eigenvalue weighted by Gasteiger charge is 2.19. The Morgan fingerprint density at radius 2 is 1.81 bits per heavy atom. The van der Waals surface area contributed by atoms with Crippen molar-refractivity contribution in [3.05, 3.63) is 48.1 Å². The second kappa shape index (κ2) is 9.09. The van der Waals surface area contributed by atoms with E-state index < -0.39 is 11.9 Å². The van der Waals surface area contributed by atoms with E-state index in [1.54, 1.807) is 12.1 Å². The van der Waals surface area contributed by atoms with Crippen molar-refractivity contribution >= 4 is 57.0 Å². The summed E-state index contributed by atoms with van der Waals surface area (Å²) in [6.45, 7) is 5.08. The van der Waals surface area contributed by atoms with Crippen LogP contribution in [-0.2, 0) is 16.0 Å². The highest BCUT2D eigenvalue weighted by Crippen LogP contribution is 2.35. The zero-order chi connectivity index (χ0) is 20.3. The lowest BCUT2D eigenvalue weighted by Gasteiger charge is -2.17. The number of hydrogen-bond acceptors (Lipinski definition) is 4. The number of primary amides is 1. The fourth-order valence-corrected chi connectivity index (χ4v) is 4.30. The van der Waals surface area contributed by atoms with Crippen LogP contribution in [0, 0.1) is 21.0 Å². The molecule has 0 saturated heterocycles. The molecule has 1 unspecified atom stereocenters. The topological polar surface area (TPSA) is 102 Å². The number of hydrogen-bond donors (Lipinski definition) is 3. The summed E-state index contributed by atoms with van der Waals surface area (Å²) in [4.78, 5) is 22.8. The number of carbonyl (C=O) groups excluding carboxylic acids is 2. The van der Waals surface area contributed by atoms with E-state index in [9.17, 15) is 14.7 Å². The van der Waals surface area contributed by atoms with Crippen LogP contribution >= 0.6 is 45.2 Å². The van der Waals surface area contributed by atoms with Gasteiger partial charge in [-0.2, -0.15) is 0 Å². The van der Waals surface area contributed by atoms with Crippen molar-refractivity contribution in [3.8, 4) is 17.2 Å². The molecule has 0 bridgehead atoms. The van der Waals surface area contributed by atoms with Crippen molar-refractivity contribution in [1.29, 1.82) is 0 Å². The number of carbonyl (C=O) groups is 2. The molecular weight excluding hydrogens is 574 g/mol. The van der Waals surface area contributed by atoms with Gasteiger partial charge in [0.15, 0.2) is 0 Å². The summed E-state index contributed by atoms with van der Waals surface area (Å²) < 4.78 is 7.63. The van der Waals surface area contributed by atoms with Crippen LogP contribution in [0.3, 0.4) is 0 Å². The summed E-state index contributed by atoms with van der Waals surface area (Å²) in [7, 11) is 0. The Bertz CT molecular complexity index is 853. The Labute approximate surface area is 185 Å². The van der Waals surface area contributed by atoms with Crippen LogP contribution in [0.15, 0.2) is 24.3 Å². The van der Waals surface area contributed by atoms with Crippen molar-refractivity contribution in [3.63, 3.8) is 0 Å². The van der Waals surface area contributed by atoms with Gasteiger partial charge in [-0.15, -0.1) is 0 Å². The van der Waals surface area contributed by atoms with Crippen molar-refractivity contribution in [2.75, 3.05) is 0 Å². The van der Waals surface area contributed by atoms with Gasteiger partial charge in [-0.3, -0.25) is 9.59 Å². The fourth-order valence-electron chi connectivity index (χ4n) is 2.63. The second-order valence-corrected chi connectivity index (χ2v) is 8.58. The maximum Gasteiger partial charge on any atom is 0.240 e. The van der Waals surface area contributed by atoms with Gasteiger partial charge >= 0.3 is 0 Å². The minimum Gasteiger partial charge on any atom is -0.507 e. The zero-order valence-electron chi connectivity index (χ0n) is 15.1. The summed E-state index contributed by atoms with van der Waals surface area (Å²) in [6.07, 6.45) is 0.308. The molecule has 1 atom stereocenters. The van der Waals surface area contributed by atoms with Crippen LogP contribution in [0.25, 0.3) is 0 Å². The van der Waals surface area contributed by atoms with E-state index in [0.29, 0.717) is 21.5 Å². The van der Waals surface area contributed by atoms with E-state index in [1.165, 1.54) is 6.92 Å². The van der Waals surface area contributed by atoms with Crippen LogP contribution in [0.4, 0.5) is 0 Å². The molecule has 0 spiro atoms. The summed E-state index contributed by atoms with van der Waals surface area (Å²) in [5, 5.41) is 12.5.